The lowest BCUT2D eigenvalue weighted by Crippen LogP contribution is -2.27. The van der Waals surface area contributed by atoms with Crippen molar-refractivity contribution in [3.8, 4) is 11.1 Å². The first-order valence-corrected chi connectivity index (χ1v) is 9.10. The second-order valence-electron chi connectivity index (χ2n) is 5.72. The molecule has 0 unspecified atom stereocenters. The molecule has 0 fully saturated rings. The minimum atomic E-state index is -4.24. The summed E-state index contributed by atoms with van der Waals surface area (Å²) in [6.45, 7) is 4.02. The molecule has 1 aromatic heterocycles. The molecule has 2 aromatic rings. The molecule has 24 heavy (non-hydrogen) atoms. The molecule has 2 rings (SSSR count). The number of halogens is 1. The smallest absolute Gasteiger partial charge is 0.349 e. The summed E-state index contributed by atoms with van der Waals surface area (Å²) in [5, 5.41) is 0. The minimum Gasteiger partial charge on any atom is -0.357 e. The van der Waals surface area contributed by atoms with Crippen molar-refractivity contribution in [3.05, 3.63) is 53.7 Å². The topological polar surface area (TPSA) is 73.7 Å². The summed E-state index contributed by atoms with van der Waals surface area (Å²) in [5.41, 5.74) is 2.07. The third kappa shape index (κ3) is 4.74. The van der Waals surface area contributed by atoms with E-state index in [1.54, 1.807) is 18.2 Å². The van der Waals surface area contributed by atoms with Crippen LogP contribution in [-0.4, -0.2) is 27.9 Å². The van der Waals surface area contributed by atoms with Gasteiger partial charge in [0.05, 0.1) is 5.69 Å². The molecule has 128 valence electrons. The van der Waals surface area contributed by atoms with Crippen LogP contribution in [0.25, 0.3) is 17.2 Å². The Morgan fingerprint density at radius 2 is 1.79 bits per heavy atom. The van der Waals surface area contributed by atoms with E-state index in [2.05, 4.69) is 4.98 Å². The van der Waals surface area contributed by atoms with Gasteiger partial charge in [-0.15, -0.1) is 0 Å². The number of nitrogens with zero attached hydrogens (tertiary/aromatic N) is 2. The van der Waals surface area contributed by atoms with Crippen molar-refractivity contribution in [2.45, 2.75) is 19.9 Å². The van der Waals surface area contributed by atoms with E-state index in [1.807, 2.05) is 31.9 Å². The van der Waals surface area contributed by atoms with Gasteiger partial charge in [0.2, 0.25) is 0 Å². The fourth-order valence-electron chi connectivity index (χ4n) is 2.10. The fourth-order valence-corrected chi connectivity index (χ4v) is 2.44. The average molecular weight is 350 g/mol. The number of pyridine rings is 1. The van der Waals surface area contributed by atoms with Crippen molar-refractivity contribution in [3.63, 3.8) is 0 Å². The van der Waals surface area contributed by atoms with Crippen LogP contribution in [-0.2, 0) is 4.57 Å². The van der Waals surface area contributed by atoms with E-state index in [0.717, 1.165) is 16.9 Å². The van der Waals surface area contributed by atoms with Gasteiger partial charge in [-0.2, -0.15) is 0 Å². The number of rotatable bonds is 5. The molecule has 0 aliphatic rings. The van der Waals surface area contributed by atoms with Crippen molar-refractivity contribution in [2.24, 2.45) is 0 Å². The molecule has 0 radical (unpaired) electrons. The summed E-state index contributed by atoms with van der Waals surface area (Å²) < 4.78 is 24.1. The molecule has 5 nitrogen and oxygen atoms in total. The molecule has 0 saturated carbocycles. The first-order valence-electron chi connectivity index (χ1n) is 7.41. The minimum absolute atomic E-state index is 0.165. The standard InChI is InChI=1S/C17H20FN2O3P/c1-12(2)20(3)17-16(13-4-6-14(18)7-5-13)9-8-15(19-17)10-11-24(21,22)23/h4-12H,1-3H3,(H2,21,22,23)/b11-10+. The van der Waals surface area contributed by atoms with E-state index in [0.29, 0.717) is 11.5 Å². The number of hydrogen-bond acceptors (Lipinski definition) is 3. The average Bonchev–Trinajstić information content (AvgIpc) is 2.52. The summed E-state index contributed by atoms with van der Waals surface area (Å²) in [6, 6.07) is 9.77. The summed E-state index contributed by atoms with van der Waals surface area (Å²) in [6.07, 6.45) is 1.30. The van der Waals surface area contributed by atoms with Gasteiger partial charge in [0.1, 0.15) is 11.6 Å². The zero-order valence-corrected chi connectivity index (χ0v) is 14.6. The molecule has 0 aliphatic heterocycles. The van der Waals surface area contributed by atoms with Gasteiger partial charge in [-0.1, -0.05) is 12.1 Å². The zero-order chi connectivity index (χ0) is 17.9. The lowest BCUT2D eigenvalue weighted by molar-refractivity contribution is 0.386. The Balaban J connectivity index is 2.52. The summed E-state index contributed by atoms with van der Waals surface area (Å²) in [5.74, 6) is 1.17. The Morgan fingerprint density at radius 1 is 1.17 bits per heavy atom. The summed E-state index contributed by atoms with van der Waals surface area (Å²) in [7, 11) is -2.35. The second kappa shape index (κ2) is 7.26. The SMILES string of the molecule is CC(C)N(C)c1nc(/C=C/P(=O)(O)O)ccc1-c1ccc(F)cc1. The monoisotopic (exact) mass is 350 g/mol. The van der Waals surface area contributed by atoms with Crippen LogP contribution in [0.4, 0.5) is 10.2 Å². The van der Waals surface area contributed by atoms with Crippen molar-refractivity contribution in [1.82, 2.24) is 4.98 Å². The summed E-state index contributed by atoms with van der Waals surface area (Å²) >= 11 is 0. The van der Waals surface area contributed by atoms with E-state index in [9.17, 15) is 8.96 Å². The van der Waals surface area contributed by atoms with Crippen LogP contribution in [0.5, 0.6) is 0 Å². The van der Waals surface area contributed by atoms with Crippen LogP contribution in [0, 0.1) is 5.82 Å². The predicted octanol–water partition coefficient (Wildman–Crippen LogP) is 3.88. The highest BCUT2D eigenvalue weighted by Crippen LogP contribution is 2.37. The molecule has 1 heterocycles. The highest BCUT2D eigenvalue weighted by molar-refractivity contribution is 7.55. The Morgan fingerprint density at radius 3 is 2.33 bits per heavy atom. The molecular weight excluding hydrogens is 330 g/mol. The lowest BCUT2D eigenvalue weighted by atomic mass is 10.0. The van der Waals surface area contributed by atoms with Crippen LogP contribution >= 0.6 is 7.60 Å². The normalized spacial score (nSPS) is 12.1. The van der Waals surface area contributed by atoms with Gasteiger partial charge in [0.15, 0.2) is 0 Å². The van der Waals surface area contributed by atoms with Crippen molar-refractivity contribution in [2.75, 3.05) is 11.9 Å². The maximum Gasteiger partial charge on any atom is 0.349 e. The highest BCUT2D eigenvalue weighted by atomic mass is 31.2. The lowest BCUT2D eigenvalue weighted by Gasteiger charge is -2.25. The van der Waals surface area contributed by atoms with Crippen LogP contribution < -0.4 is 4.90 Å². The predicted molar refractivity (Wildman–Crippen MR) is 94.2 cm³/mol. The molecule has 0 aliphatic carbocycles. The van der Waals surface area contributed by atoms with Gasteiger partial charge in [0.25, 0.3) is 0 Å². The van der Waals surface area contributed by atoms with E-state index >= 15 is 0 Å². The number of benzene rings is 1. The van der Waals surface area contributed by atoms with Crippen LogP contribution in [0.3, 0.4) is 0 Å². The molecule has 0 saturated heterocycles. The second-order valence-corrected chi connectivity index (χ2v) is 7.20. The molecule has 0 bridgehead atoms. The Kier molecular flexibility index (Phi) is 5.54. The largest absolute Gasteiger partial charge is 0.357 e. The third-order valence-corrected chi connectivity index (χ3v) is 4.14. The van der Waals surface area contributed by atoms with E-state index in [4.69, 9.17) is 9.79 Å². The van der Waals surface area contributed by atoms with Crippen LogP contribution in [0.15, 0.2) is 42.2 Å². The van der Waals surface area contributed by atoms with E-state index in [-0.39, 0.29) is 11.9 Å². The summed E-state index contributed by atoms with van der Waals surface area (Å²) in [4.78, 5) is 24.4. The van der Waals surface area contributed by atoms with Crippen LogP contribution in [0.2, 0.25) is 0 Å². The van der Waals surface area contributed by atoms with Crippen LogP contribution in [0.1, 0.15) is 19.5 Å². The first-order chi connectivity index (χ1) is 11.2. The molecule has 1 aromatic carbocycles. The number of hydrogen-bond donors (Lipinski definition) is 2. The van der Waals surface area contributed by atoms with Crippen molar-refractivity contribution < 1.29 is 18.7 Å². The maximum atomic E-state index is 13.2. The van der Waals surface area contributed by atoms with Crippen molar-refractivity contribution >= 4 is 19.5 Å². The molecule has 0 amide bonds. The van der Waals surface area contributed by atoms with E-state index < -0.39 is 7.60 Å². The third-order valence-electron chi connectivity index (χ3n) is 3.60. The number of aromatic nitrogens is 1. The molecular formula is C17H20FN2O3P. The van der Waals surface area contributed by atoms with Gasteiger partial charge in [-0.25, -0.2) is 9.37 Å². The number of anilines is 1. The van der Waals surface area contributed by atoms with Gasteiger partial charge < -0.3 is 14.7 Å². The molecule has 0 spiro atoms. The fraction of sp³-hybridized carbons (Fsp3) is 0.235. The van der Waals surface area contributed by atoms with Gasteiger partial charge in [-0.05, 0) is 49.8 Å². The highest BCUT2D eigenvalue weighted by Gasteiger charge is 2.15. The Hall–Kier alpha value is -2.01. The van der Waals surface area contributed by atoms with Gasteiger partial charge in [0, 0.05) is 24.5 Å². The Labute approximate surface area is 140 Å². The quantitative estimate of drug-likeness (QED) is 0.801. The van der Waals surface area contributed by atoms with Gasteiger partial charge >= 0.3 is 7.60 Å². The van der Waals surface area contributed by atoms with Gasteiger partial charge in [-0.3, -0.25) is 4.57 Å². The Bertz CT molecular complexity index is 785. The zero-order valence-electron chi connectivity index (χ0n) is 13.7. The first kappa shape index (κ1) is 18.3. The molecule has 7 heteroatoms. The molecule has 2 N–H and O–H groups in total. The van der Waals surface area contributed by atoms with Crippen molar-refractivity contribution in [1.29, 1.82) is 0 Å². The maximum absolute atomic E-state index is 13.2. The molecule has 0 atom stereocenters. The van der Waals surface area contributed by atoms with E-state index in [1.165, 1.54) is 18.2 Å².